The summed E-state index contributed by atoms with van der Waals surface area (Å²) >= 11 is 0. The van der Waals surface area contributed by atoms with Crippen molar-refractivity contribution in [1.29, 1.82) is 5.26 Å². The summed E-state index contributed by atoms with van der Waals surface area (Å²) in [5, 5.41) is 26.1. The van der Waals surface area contributed by atoms with Crippen molar-refractivity contribution in [3.05, 3.63) is 23.5 Å². The third kappa shape index (κ3) is 1.84. The molecule has 0 aliphatic rings. The van der Waals surface area contributed by atoms with Gasteiger partial charge in [-0.1, -0.05) is 0 Å². The van der Waals surface area contributed by atoms with Gasteiger partial charge in [0.1, 0.15) is 17.6 Å². The Hall–Kier alpha value is -1.58. The maximum atomic E-state index is 13.1. The minimum absolute atomic E-state index is 0.00870. The Bertz CT molecular complexity index is 388. The second kappa shape index (κ2) is 4.09. The van der Waals surface area contributed by atoms with Crippen molar-refractivity contribution in [2.45, 2.75) is 0 Å². The van der Waals surface area contributed by atoms with Crippen LogP contribution in [0.25, 0.3) is 0 Å². The molecule has 0 radical (unpaired) electrons. The molecule has 1 rings (SSSR count). The van der Waals surface area contributed by atoms with Crippen LogP contribution < -0.4 is 10.2 Å². The van der Waals surface area contributed by atoms with E-state index in [-0.39, 0.29) is 16.8 Å². The van der Waals surface area contributed by atoms with Crippen molar-refractivity contribution in [2.75, 3.05) is 7.11 Å². The van der Waals surface area contributed by atoms with Gasteiger partial charge in [0.25, 0.3) is 0 Å². The molecule has 6 heteroatoms. The number of ether oxygens (including phenoxy) is 1. The summed E-state index contributed by atoms with van der Waals surface area (Å²) in [6.45, 7) is 0. The van der Waals surface area contributed by atoms with Crippen molar-refractivity contribution in [1.82, 2.24) is 0 Å². The Kier molecular flexibility index (Phi) is 3.07. The molecule has 0 aliphatic heterocycles. The highest BCUT2D eigenvalue weighted by molar-refractivity contribution is 6.58. The third-order valence-electron chi connectivity index (χ3n) is 1.72. The zero-order valence-electron chi connectivity index (χ0n) is 7.36. The lowest BCUT2D eigenvalue weighted by Gasteiger charge is -2.06. The molecule has 0 bridgehead atoms. The highest BCUT2D eigenvalue weighted by Crippen LogP contribution is 2.16. The van der Waals surface area contributed by atoms with Crippen LogP contribution in [-0.4, -0.2) is 24.3 Å². The van der Waals surface area contributed by atoms with Crippen LogP contribution in [0.15, 0.2) is 12.1 Å². The lowest BCUT2D eigenvalue weighted by Crippen LogP contribution is -2.33. The summed E-state index contributed by atoms with van der Waals surface area (Å²) in [6.07, 6.45) is 0. The topological polar surface area (TPSA) is 73.5 Å². The molecule has 1 aromatic rings. The van der Waals surface area contributed by atoms with E-state index in [1.165, 1.54) is 7.11 Å². The average Bonchev–Trinajstić information content (AvgIpc) is 2.16. The van der Waals surface area contributed by atoms with Gasteiger partial charge in [-0.25, -0.2) is 4.39 Å². The highest BCUT2D eigenvalue weighted by Gasteiger charge is 2.19. The van der Waals surface area contributed by atoms with Crippen LogP contribution in [-0.2, 0) is 0 Å². The molecule has 0 saturated carbocycles. The highest BCUT2D eigenvalue weighted by atomic mass is 19.1. The van der Waals surface area contributed by atoms with Gasteiger partial charge in [-0.2, -0.15) is 5.26 Å². The van der Waals surface area contributed by atoms with Gasteiger partial charge >= 0.3 is 7.12 Å². The second-order valence-electron chi connectivity index (χ2n) is 2.56. The molecule has 0 aliphatic carbocycles. The predicted octanol–water partition coefficient (Wildman–Crippen LogP) is -0.614. The van der Waals surface area contributed by atoms with E-state index in [0.29, 0.717) is 0 Å². The molecule has 0 atom stereocenters. The second-order valence-corrected chi connectivity index (χ2v) is 2.56. The third-order valence-corrected chi connectivity index (χ3v) is 1.72. The van der Waals surface area contributed by atoms with E-state index < -0.39 is 12.9 Å². The van der Waals surface area contributed by atoms with Gasteiger partial charge in [0.2, 0.25) is 0 Å². The minimum atomic E-state index is -1.92. The van der Waals surface area contributed by atoms with E-state index >= 15 is 0 Å². The Labute approximate surface area is 80.3 Å². The average molecular weight is 195 g/mol. The molecule has 0 fully saturated rings. The quantitative estimate of drug-likeness (QED) is 0.617. The summed E-state index contributed by atoms with van der Waals surface area (Å²) in [4.78, 5) is 0. The molecule has 72 valence electrons. The SMILES string of the molecule is COc1cc(B(O)O)c(F)cc1C#N. The molecule has 4 nitrogen and oxygen atoms in total. The number of nitrogens with zero attached hydrogens (tertiary/aromatic N) is 1. The van der Waals surface area contributed by atoms with Gasteiger partial charge in [0.05, 0.1) is 12.7 Å². The van der Waals surface area contributed by atoms with E-state index in [4.69, 9.17) is 20.0 Å². The lowest BCUT2D eigenvalue weighted by molar-refractivity contribution is 0.408. The Morgan fingerprint density at radius 2 is 2.14 bits per heavy atom. The van der Waals surface area contributed by atoms with E-state index in [1.54, 1.807) is 6.07 Å². The number of halogens is 1. The normalized spacial score (nSPS) is 9.36. The molecule has 0 amide bonds. The number of hydrogen-bond acceptors (Lipinski definition) is 4. The summed E-state index contributed by atoms with van der Waals surface area (Å²) in [7, 11) is -0.613. The van der Waals surface area contributed by atoms with E-state index in [2.05, 4.69) is 0 Å². The Morgan fingerprint density at radius 1 is 1.50 bits per heavy atom. The van der Waals surface area contributed by atoms with Crippen molar-refractivity contribution in [3.63, 3.8) is 0 Å². The van der Waals surface area contributed by atoms with Crippen LogP contribution in [0.4, 0.5) is 4.39 Å². The molecule has 0 heterocycles. The van der Waals surface area contributed by atoms with Crippen molar-refractivity contribution < 1.29 is 19.2 Å². The first kappa shape index (κ1) is 10.5. The van der Waals surface area contributed by atoms with Gasteiger partial charge in [0, 0.05) is 5.46 Å². The molecule has 2 N–H and O–H groups in total. The number of hydrogen-bond donors (Lipinski definition) is 2. The fourth-order valence-corrected chi connectivity index (χ4v) is 1.02. The standard InChI is InChI=1S/C8H7BFNO3/c1-14-8-3-6(9(12)13)7(10)2-5(8)4-11/h2-3,12-13H,1H3. The van der Waals surface area contributed by atoms with Crippen LogP contribution in [0.5, 0.6) is 5.75 Å². The van der Waals surface area contributed by atoms with Gasteiger partial charge in [0.15, 0.2) is 0 Å². The van der Waals surface area contributed by atoms with E-state index in [1.807, 2.05) is 0 Å². The Balaban J connectivity index is 3.32. The first-order valence-corrected chi connectivity index (χ1v) is 3.73. The summed E-state index contributed by atoms with van der Waals surface area (Å²) in [6, 6.07) is 3.70. The summed E-state index contributed by atoms with van der Waals surface area (Å²) in [5.41, 5.74) is -0.310. The fraction of sp³-hybridized carbons (Fsp3) is 0.125. The molecule has 1 aromatic carbocycles. The molecule has 0 aromatic heterocycles. The minimum Gasteiger partial charge on any atom is -0.495 e. The van der Waals surface area contributed by atoms with Crippen LogP contribution in [0.3, 0.4) is 0 Å². The van der Waals surface area contributed by atoms with E-state index in [9.17, 15) is 4.39 Å². The predicted molar refractivity (Wildman–Crippen MR) is 47.5 cm³/mol. The van der Waals surface area contributed by atoms with Crippen molar-refractivity contribution >= 4 is 12.6 Å². The summed E-state index contributed by atoms with van der Waals surface area (Å²) in [5.74, 6) is -0.741. The zero-order chi connectivity index (χ0) is 10.7. The van der Waals surface area contributed by atoms with Crippen LogP contribution in [0.1, 0.15) is 5.56 Å². The van der Waals surface area contributed by atoms with Gasteiger partial charge in [-0.3, -0.25) is 0 Å². The molecule has 14 heavy (non-hydrogen) atoms. The first-order chi connectivity index (χ1) is 6.60. The van der Waals surface area contributed by atoms with Gasteiger partial charge in [-0.15, -0.1) is 0 Å². The van der Waals surface area contributed by atoms with Gasteiger partial charge in [-0.05, 0) is 12.1 Å². The van der Waals surface area contributed by atoms with Gasteiger partial charge < -0.3 is 14.8 Å². The number of rotatable bonds is 2. The van der Waals surface area contributed by atoms with Crippen LogP contribution in [0.2, 0.25) is 0 Å². The number of benzene rings is 1. The maximum Gasteiger partial charge on any atom is 0.491 e. The molecular formula is C8H7BFNO3. The smallest absolute Gasteiger partial charge is 0.491 e. The summed E-state index contributed by atoms with van der Waals surface area (Å²) < 4.78 is 17.8. The van der Waals surface area contributed by atoms with Crippen molar-refractivity contribution in [2.24, 2.45) is 0 Å². The Morgan fingerprint density at radius 3 is 2.57 bits per heavy atom. The molecule has 0 unspecified atom stereocenters. The maximum absolute atomic E-state index is 13.1. The monoisotopic (exact) mass is 195 g/mol. The zero-order valence-corrected chi connectivity index (χ0v) is 7.36. The van der Waals surface area contributed by atoms with Crippen molar-refractivity contribution in [3.8, 4) is 11.8 Å². The largest absolute Gasteiger partial charge is 0.495 e. The first-order valence-electron chi connectivity index (χ1n) is 3.73. The van der Waals surface area contributed by atoms with Crippen LogP contribution in [0, 0.1) is 17.1 Å². The fourth-order valence-electron chi connectivity index (χ4n) is 1.02. The number of methoxy groups -OCH3 is 1. The molecule has 0 saturated heterocycles. The van der Waals surface area contributed by atoms with E-state index in [0.717, 1.165) is 12.1 Å². The number of nitriles is 1. The van der Waals surface area contributed by atoms with Crippen LogP contribution >= 0.6 is 0 Å². The molecular weight excluding hydrogens is 188 g/mol. The lowest BCUT2D eigenvalue weighted by atomic mass is 9.79. The molecule has 0 spiro atoms.